The third-order valence-electron chi connectivity index (χ3n) is 1.76. The highest BCUT2D eigenvalue weighted by Gasteiger charge is 2.17. The van der Waals surface area contributed by atoms with E-state index in [4.69, 9.17) is 40.5 Å². The van der Waals surface area contributed by atoms with E-state index in [1.54, 1.807) is 0 Å². The first-order chi connectivity index (χ1) is 6.57. The molecule has 1 rings (SSSR count). The van der Waals surface area contributed by atoms with E-state index in [2.05, 4.69) is 4.98 Å². The molecule has 1 aromatic heterocycles. The van der Waals surface area contributed by atoms with Crippen molar-refractivity contribution in [2.75, 3.05) is 6.67 Å². The zero-order chi connectivity index (χ0) is 10.7. The van der Waals surface area contributed by atoms with Crippen LogP contribution in [0.1, 0.15) is 18.0 Å². The number of pyridine rings is 1. The average molecular weight is 294 g/mol. The lowest BCUT2D eigenvalue weighted by Crippen LogP contribution is -2.12. The molecule has 0 unspecified atom stereocenters. The number of nitrogens with zero attached hydrogens (tertiary/aromatic N) is 1. The number of nitrogens with two attached hydrogens (primary N) is 1. The van der Waals surface area contributed by atoms with Crippen LogP contribution in [-0.2, 0) is 0 Å². The van der Waals surface area contributed by atoms with Crippen molar-refractivity contribution in [3.8, 4) is 0 Å². The molecule has 0 aliphatic rings. The average Bonchev–Trinajstić information content (AvgIpc) is 2.13. The van der Waals surface area contributed by atoms with E-state index in [0.29, 0.717) is 10.6 Å². The summed E-state index contributed by atoms with van der Waals surface area (Å²) in [6.07, 6.45) is 1.50. The number of rotatable bonds is 3. The summed E-state index contributed by atoms with van der Waals surface area (Å²) in [5.41, 5.74) is 6.13. The molecule has 0 radical (unpaired) electrons. The van der Waals surface area contributed by atoms with Crippen molar-refractivity contribution >= 4 is 47.2 Å². The van der Waals surface area contributed by atoms with Crippen LogP contribution in [0.4, 0.5) is 4.39 Å². The molecular formula is C8H9Cl4FN2. The molecule has 1 aromatic rings. The zero-order valence-corrected chi connectivity index (χ0v) is 10.6. The van der Waals surface area contributed by atoms with Crippen molar-refractivity contribution in [1.29, 1.82) is 0 Å². The van der Waals surface area contributed by atoms with Crippen LogP contribution >= 0.6 is 47.2 Å². The molecule has 15 heavy (non-hydrogen) atoms. The number of hydrogen-bond donors (Lipinski definition) is 1. The lowest BCUT2D eigenvalue weighted by atomic mass is 10.1. The minimum Gasteiger partial charge on any atom is -0.324 e. The van der Waals surface area contributed by atoms with Gasteiger partial charge in [-0.3, -0.25) is 4.39 Å². The van der Waals surface area contributed by atoms with Crippen LogP contribution in [-0.4, -0.2) is 11.7 Å². The molecule has 7 heteroatoms. The van der Waals surface area contributed by atoms with E-state index in [9.17, 15) is 4.39 Å². The predicted molar refractivity (Wildman–Crippen MR) is 64.0 cm³/mol. The smallest absolute Gasteiger partial charge is 0.148 e. The maximum Gasteiger partial charge on any atom is 0.148 e. The number of alkyl halides is 1. The molecule has 0 bridgehead atoms. The van der Waals surface area contributed by atoms with Gasteiger partial charge in [0.1, 0.15) is 5.15 Å². The van der Waals surface area contributed by atoms with Gasteiger partial charge in [-0.1, -0.05) is 34.8 Å². The summed E-state index contributed by atoms with van der Waals surface area (Å²) in [4.78, 5) is 3.73. The first kappa shape index (κ1) is 15.2. The van der Waals surface area contributed by atoms with Gasteiger partial charge in [0.25, 0.3) is 0 Å². The Kier molecular flexibility index (Phi) is 6.80. The Morgan fingerprint density at radius 2 is 2.00 bits per heavy atom. The lowest BCUT2D eigenvalue weighted by Gasteiger charge is -2.13. The molecule has 2 nitrogen and oxygen atoms in total. The molecule has 0 amide bonds. The Morgan fingerprint density at radius 1 is 1.40 bits per heavy atom. The van der Waals surface area contributed by atoms with Crippen molar-refractivity contribution in [3.63, 3.8) is 0 Å². The van der Waals surface area contributed by atoms with Gasteiger partial charge in [0, 0.05) is 17.8 Å². The molecule has 86 valence electrons. The fourth-order valence-electron chi connectivity index (χ4n) is 1.06. The van der Waals surface area contributed by atoms with Gasteiger partial charge in [-0.2, -0.15) is 0 Å². The second-order valence-corrected chi connectivity index (χ2v) is 3.85. The zero-order valence-electron chi connectivity index (χ0n) is 7.51. The van der Waals surface area contributed by atoms with E-state index in [0.717, 1.165) is 0 Å². The Balaban J connectivity index is 0.00000196. The van der Waals surface area contributed by atoms with Crippen LogP contribution in [0.3, 0.4) is 0 Å². The third kappa shape index (κ3) is 3.61. The largest absolute Gasteiger partial charge is 0.324 e. The first-order valence-corrected chi connectivity index (χ1v) is 5.02. The van der Waals surface area contributed by atoms with E-state index >= 15 is 0 Å². The van der Waals surface area contributed by atoms with Crippen LogP contribution in [0.5, 0.6) is 0 Å². The highest BCUT2D eigenvalue weighted by atomic mass is 35.5. The second kappa shape index (κ2) is 6.71. The van der Waals surface area contributed by atoms with Gasteiger partial charge in [-0.15, -0.1) is 12.4 Å². The maximum absolute atomic E-state index is 12.1. The quantitative estimate of drug-likeness (QED) is 0.861. The molecule has 0 fully saturated rings. The van der Waals surface area contributed by atoms with Crippen LogP contribution in [0.2, 0.25) is 15.2 Å². The molecule has 0 aliphatic heterocycles. The monoisotopic (exact) mass is 292 g/mol. The topological polar surface area (TPSA) is 38.9 Å². The van der Waals surface area contributed by atoms with Crippen LogP contribution < -0.4 is 5.73 Å². The molecule has 1 heterocycles. The van der Waals surface area contributed by atoms with Gasteiger partial charge in [-0.05, 0) is 6.42 Å². The van der Waals surface area contributed by atoms with Crippen molar-refractivity contribution in [2.24, 2.45) is 5.73 Å². The SMILES string of the molecule is Cl.N[C@H](CCF)c1c(Cl)cnc(Cl)c1Cl. The Labute approximate surface area is 108 Å². The van der Waals surface area contributed by atoms with E-state index < -0.39 is 12.7 Å². The molecule has 1 atom stereocenters. The van der Waals surface area contributed by atoms with Gasteiger partial charge in [0.15, 0.2) is 0 Å². The summed E-state index contributed by atoms with van der Waals surface area (Å²) in [6.45, 7) is -0.534. The summed E-state index contributed by atoms with van der Waals surface area (Å²) in [5.74, 6) is 0. The van der Waals surface area contributed by atoms with Crippen LogP contribution in [0.25, 0.3) is 0 Å². The van der Waals surface area contributed by atoms with Gasteiger partial charge in [0.05, 0.1) is 16.7 Å². The maximum atomic E-state index is 12.1. The normalized spacial score (nSPS) is 12.1. The number of hydrogen-bond acceptors (Lipinski definition) is 2. The van der Waals surface area contributed by atoms with Gasteiger partial charge in [0.2, 0.25) is 0 Å². The fraction of sp³-hybridized carbons (Fsp3) is 0.375. The van der Waals surface area contributed by atoms with Crippen molar-refractivity contribution in [1.82, 2.24) is 4.98 Å². The number of aromatic nitrogens is 1. The highest BCUT2D eigenvalue weighted by molar-refractivity contribution is 6.43. The summed E-state index contributed by atoms with van der Waals surface area (Å²) < 4.78 is 12.1. The van der Waals surface area contributed by atoms with Gasteiger partial charge in [-0.25, -0.2) is 4.98 Å². The fourth-order valence-corrected chi connectivity index (χ4v) is 1.83. The molecule has 0 spiro atoms. The van der Waals surface area contributed by atoms with Crippen molar-refractivity contribution in [2.45, 2.75) is 12.5 Å². The van der Waals surface area contributed by atoms with Crippen LogP contribution in [0, 0.1) is 0 Å². The highest BCUT2D eigenvalue weighted by Crippen LogP contribution is 2.34. The van der Waals surface area contributed by atoms with E-state index in [-0.39, 0.29) is 29.0 Å². The standard InChI is InChI=1S/C8H8Cl3FN2.ClH/c9-4-3-14-8(11)7(10)6(4)5(13)1-2-12;/h3,5H,1-2,13H2;1H/t5-;/m1./s1. The summed E-state index contributed by atoms with van der Waals surface area (Å²) in [6, 6.07) is -0.555. The molecule has 2 N–H and O–H groups in total. The van der Waals surface area contributed by atoms with Crippen molar-refractivity contribution in [3.05, 3.63) is 27.0 Å². The predicted octanol–water partition coefficient (Wildman–Crippen LogP) is 3.82. The minimum absolute atomic E-state index is 0. The molecule has 0 aliphatic carbocycles. The molecule has 0 saturated carbocycles. The second-order valence-electron chi connectivity index (χ2n) is 2.71. The van der Waals surface area contributed by atoms with Crippen molar-refractivity contribution < 1.29 is 4.39 Å². The molecule has 0 saturated heterocycles. The molecular weight excluding hydrogens is 285 g/mol. The molecule has 0 aromatic carbocycles. The van der Waals surface area contributed by atoms with Gasteiger partial charge < -0.3 is 5.73 Å². The lowest BCUT2D eigenvalue weighted by molar-refractivity contribution is 0.442. The Morgan fingerprint density at radius 3 is 2.53 bits per heavy atom. The van der Waals surface area contributed by atoms with E-state index in [1.165, 1.54) is 6.20 Å². The summed E-state index contributed by atoms with van der Waals surface area (Å²) in [5, 5.41) is 0.626. The van der Waals surface area contributed by atoms with Gasteiger partial charge >= 0.3 is 0 Å². The van der Waals surface area contributed by atoms with Crippen LogP contribution in [0.15, 0.2) is 6.20 Å². The minimum atomic E-state index is -0.555. The van der Waals surface area contributed by atoms with E-state index in [1.807, 2.05) is 0 Å². The summed E-state index contributed by atoms with van der Waals surface area (Å²) in [7, 11) is 0. The number of halogens is 5. The third-order valence-corrected chi connectivity index (χ3v) is 2.82. The first-order valence-electron chi connectivity index (χ1n) is 3.88. The Bertz CT molecular complexity index is 335. The summed E-state index contributed by atoms with van der Waals surface area (Å²) >= 11 is 17.4. The Hall–Kier alpha value is 0.200.